The van der Waals surface area contributed by atoms with E-state index in [1.54, 1.807) is 24.3 Å². The topological polar surface area (TPSA) is 12.5 Å². The Bertz CT molecular complexity index is 433. The summed E-state index contributed by atoms with van der Waals surface area (Å²) in [6, 6.07) is 6.57. The zero-order chi connectivity index (χ0) is 12.9. The van der Waals surface area contributed by atoms with Gasteiger partial charge < -0.3 is 4.74 Å². The molecule has 1 atom stereocenters. The van der Waals surface area contributed by atoms with Gasteiger partial charge in [0.05, 0.1) is 16.8 Å². The second kappa shape index (κ2) is 3.46. The van der Waals surface area contributed by atoms with Gasteiger partial charge in [0, 0.05) is 7.76 Å². The van der Waals surface area contributed by atoms with Crippen LogP contribution in [0, 0.1) is 0 Å². The molecule has 0 aliphatic carbocycles. The van der Waals surface area contributed by atoms with Crippen molar-refractivity contribution in [1.29, 1.82) is 0 Å². The molecule has 1 aliphatic rings. The number of hydrogen-bond acceptors (Lipinski definition) is 1. The van der Waals surface area contributed by atoms with Gasteiger partial charge in [-0.25, -0.2) is 0 Å². The summed E-state index contributed by atoms with van der Waals surface area (Å²) in [6.07, 6.45) is -4.31. The molecule has 1 aromatic carbocycles. The molecular formula is C10H11ClO. The highest BCUT2D eigenvalue weighted by atomic mass is 35.5. The van der Waals surface area contributed by atoms with Crippen LogP contribution in [-0.2, 0) is 11.2 Å². The van der Waals surface area contributed by atoms with E-state index in [9.17, 15) is 0 Å². The summed E-state index contributed by atoms with van der Waals surface area (Å²) < 4.78 is 42.2. The van der Waals surface area contributed by atoms with Gasteiger partial charge in [0.1, 0.15) is 0 Å². The summed E-state index contributed by atoms with van der Waals surface area (Å²) in [7, 11) is 0. The Labute approximate surface area is 84.3 Å². The average Bonchev–Trinajstić information content (AvgIpc) is 2.72. The van der Waals surface area contributed by atoms with Crippen molar-refractivity contribution in [2.24, 2.45) is 0 Å². The van der Waals surface area contributed by atoms with E-state index in [1.807, 2.05) is 0 Å². The Morgan fingerprint density at radius 1 is 1.67 bits per heavy atom. The van der Waals surface area contributed by atoms with E-state index in [2.05, 4.69) is 4.74 Å². The molecule has 0 amide bonds. The Balaban J connectivity index is 2.16. The fourth-order valence-corrected chi connectivity index (χ4v) is 1.01. The fraction of sp³-hybridized carbons (Fsp3) is 0.400. The van der Waals surface area contributed by atoms with Crippen molar-refractivity contribution in [3.8, 4) is 0 Å². The quantitative estimate of drug-likeness (QED) is 0.663. The van der Waals surface area contributed by atoms with Crippen molar-refractivity contribution >= 4 is 11.6 Å². The van der Waals surface area contributed by atoms with Crippen LogP contribution in [0.5, 0.6) is 0 Å². The second-order valence-electron chi connectivity index (χ2n) is 2.51. The maximum absolute atomic E-state index is 7.77. The molecule has 0 N–H and O–H groups in total. The summed E-state index contributed by atoms with van der Waals surface area (Å²) in [5.41, 5.74) is 0.650. The largest absolute Gasteiger partial charge is 0.373 e. The number of benzene rings is 1. The van der Waals surface area contributed by atoms with Crippen LogP contribution < -0.4 is 0 Å². The predicted molar refractivity (Wildman–Crippen MR) is 49.5 cm³/mol. The third-order valence-electron chi connectivity index (χ3n) is 1.57. The predicted octanol–water partition coefficient (Wildman–Crippen LogP) is 2.67. The Morgan fingerprint density at radius 2 is 2.33 bits per heavy atom. The van der Waals surface area contributed by atoms with Crippen molar-refractivity contribution in [2.45, 2.75) is 18.9 Å². The van der Waals surface area contributed by atoms with Crippen LogP contribution >= 0.6 is 11.6 Å². The highest BCUT2D eigenvalue weighted by molar-refractivity contribution is 6.30. The molecule has 1 saturated heterocycles. The van der Waals surface area contributed by atoms with Crippen molar-refractivity contribution in [3.63, 3.8) is 0 Å². The molecule has 64 valence electrons. The van der Waals surface area contributed by atoms with Gasteiger partial charge in [-0.1, -0.05) is 23.7 Å². The van der Waals surface area contributed by atoms with Gasteiger partial charge in [-0.2, -0.15) is 0 Å². The molecule has 2 heteroatoms. The van der Waals surface area contributed by atoms with Crippen LogP contribution in [0.2, 0.25) is 5.02 Å². The zero-order valence-corrected chi connectivity index (χ0v) is 7.06. The lowest BCUT2D eigenvalue weighted by molar-refractivity contribution is 0.397. The SMILES string of the molecule is [2H]C([2H])(Cc1ccc(Cl)cc1)C1([2H])OC1([2H])[2H]. The molecule has 1 fully saturated rings. The zero-order valence-electron chi connectivity index (χ0n) is 11.3. The maximum Gasteiger partial charge on any atom is 0.0813 e. The first kappa shape index (κ1) is 4.12. The summed E-state index contributed by atoms with van der Waals surface area (Å²) in [5.74, 6) is 0. The molecule has 0 aromatic heterocycles. The van der Waals surface area contributed by atoms with Gasteiger partial charge in [-0.05, 0) is 30.5 Å². The van der Waals surface area contributed by atoms with Gasteiger partial charge in [0.25, 0.3) is 0 Å². The lowest BCUT2D eigenvalue weighted by atomic mass is 10.1. The minimum atomic E-state index is -2.22. The standard InChI is InChI=1S/C10H11ClO/c11-9-4-1-8(2-5-9)3-6-10-7-12-10/h1-2,4-5,10H,3,6-7H2/i6D2,7D2,10D. The molecular weight excluding hydrogens is 172 g/mol. The van der Waals surface area contributed by atoms with E-state index in [0.717, 1.165) is 0 Å². The van der Waals surface area contributed by atoms with Crippen LogP contribution in [0.4, 0.5) is 0 Å². The summed E-state index contributed by atoms with van der Waals surface area (Å²) in [4.78, 5) is 0. The molecule has 1 aliphatic heterocycles. The lowest BCUT2D eigenvalue weighted by Crippen LogP contribution is -1.90. The number of hydrogen-bond donors (Lipinski definition) is 0. The van der Waals surface area contributed by atoms with Gasteiger partial charge in [-0.15, -0.1) is 0 Å². The number of aryl methyl sites for hydroxylation is 1. The molecule has 2 rings (SSSR count). The molecule has 12 heavy (non-hydrogen) atoms. The van der Waals surface area contributed by atoms with Crippen LogP contribution in [0.15, 0.2) is 24.3 Å². The van der Waals surface area contributed by atoms with E-state index >= 15 is 0 Å². The van der Waals surface area contributed by atoms with Crippen LogP contribution in [0.25, 0.3) is 0 Å². The number of rotatable bonds is 3. The number of ether oxygens (including phenoxy) is 1. The minimum absolute atomic E-state index is 0.0901. The molecule has 0 spiro atoms. The van der Waals surface area contributed by atoms with Crippen molar-refractivity contribution in [2.75, 3.05) is 6.56 Å². The molecule has 1 unspecified atom stereocenters. The highest BCUT2D eigenvalue weighted by Crippen LogP contribution is 2.17. The van der Waals surface area contributed by atoms with E-state index in [4.69, 9.17) is 18.5 Å². The lowest BCUT2D eigenvalue weighted by Gasteiger charge is -1.98. The normalized spacial score (nSPS) is 38.6. The molecule has 0 saturated carbocycles. The third kappa shape index (κ3) is 2.23. The number of epoxide rings is 1. The van der Waals surface area contributed by atoms with Crippen molar-refractivity contribution in [1.82, 2.24) is 0 Å². The summed E-state index contributed by atoms with van der Waals surface area (Å²) in [6.45, 7) is -2.22. The van der Waals surface area contributed by atoms with E-state index < -0.39 is 19.0 Å². The van der Waals surface area contributed by atoms with Crippen molar-refractivity contribution in [3.05, 3.63) is 34.9 Å². The molecule has 1 nitrogen and oxygen atoms in total. The maximum atomic E-state index is 7.77. The van der Waals surface area contributed by atoms with Gasteiger partial charge in [-0.3, -0.25) is 0 Å². The highest BCUT2D eigenvalue weighted by Gasteiger charge is 2.21. The van der Waals surface area contributed by atoms with Gasteiger partial charge >= 0.3 is 0 Å². The Hall–Kier alpha value is -0.530. The van der Waals surface area contributed by atoms with Gasteiger partial charge in [0.2, 0.25) is 0 Å². The average molecular weight is 188 g/mol. The first-order chi connectivity index (χ1) is 7.68. The van der Waals surface area contributed by atoms with E-state index in [1.165, 1.54) is 0 Å². The Kier molecular flexibility index (Phi) is 1.19. The molecule has 0 bridgehead atoms. The van der Waals surface area contributed by atoms with E-state index in [-0.39, 0.29) is 6.42 Å². The minimum Gasteiger partial charge on any atom is -0.373 e. The van der Waals surface area contributed by atoms with Crippen molar-refractivity contribution < 1.29 is 11.6 Å². The fourth-order valence-electron chi connectivity index (χ4n) is 0.882. The van der Waals surface area contributed by atoms with Gasteiger partial charge in [0.15, 0.2) is 0 Å². The third-order valence-corrected chi connectivity index (χ3v) is 1.82. The second-order valence-corrected chi connectivity index (χ2v) is 2.95. The Morgan fingerprint density at radius 3 is 2.92 bits per heavy atom. The van der Waals surface area contributed by atoms with Crippen LogP contribution in [0.1, 0.15) is 18.8 Å². The first-order valence-corrected chi connectivity index (χ1v) is 4.00. The van der Waals surface area contributed by atoms with Crippen LogP contribution in [-0.4, -0.2) is 12.6 Å². The number of halogens is 1. The first-order valence-electron chi connectivity index (χ1n) is 6.13. The van der Waals surface area contributed by atoms with Crippen LogP contribution in [0.3, 0.4) is 0 Å². The summed E-state index contributed by atoms with van der Waals surface area (Å²) >= 11 is 5.71. The summed E-state index contributed by atoms with van der Waals surface area (Å²) in [5, 5.41) is 0.549. The van der Waals surface area contributed by atoms with E-state index in [0.29, 0.717) is 10.6 Å². The smallest absolute Gasteiger partial charge is 0.0813 e. The molecule has 1 heterocycles. The molecule has 1 aromatic rings. The monoisotopic (exact) mass is 187 g/mol. The molecule has 0 radical (unpaired) electrons.